The average molecular weight is 142 g/mol. The number of carboxylic acid groups (broad SMARTS) is 1. The first-order chi connectivity index (χ1) is 4.57. The third-order valence-corrected chi connectivity index (χ3v) is 1.77. The highest BCUT2D eigenvalue weighted by molar-refractivity contribution is 5.67. The summed E-state index contributed by atoms with van der Waals surface area (Å²) >= 11 is 0. The molecule has 0 aromatic rings. The minimum Gasteiger partial charge on any atom is -0.481 e. The van der Waals surface area contributed by atoms with Gasteiger partial charge in [-0.15, -0.1) is 6.58 Å². The van der Waals surface area contributed by atoms with E-state index in [0.29, 0.717) is 0 Å². The summed E-state index contributed by atoms with van der Waals surface area (Å²) in [5, 5.41) is 8.39. The molecule has 0 saturated heterocycles. The fraction of sp³-hybridized carbons (Fsp3) is 0.625. The van der Waals surface area contributed by atoms with Crippen molar-refractivity contribution in [1.82, 2.24) is 0 Å². The van der Waals surface area contributed by atoms with Crippen LogP contribution in [0.4, 0.5) is 0 Å². The van der Waals surface area contributed by atoms with Crippen molar-refractivity contribution in [3.8, 4) is 0 Å². The molecular formula is C8H14O2. The smallest absolute Gasteiger partial charge is 0.303 e. The quantitative estimate of drug-likeness (QED) is 0.609. The van der Waals surface area contributed by atoms with Crippen LogP contribution < -0.4 is 0 Å². The Morgan fingerprint density at radius 2 is 2.20 bits per heavy atom. The molecule has 0 aliphatic carbocycles. The molecule has 0 spiro atoms. The number of hydrogen-bond acceptors (Lipinski definition) is 1. The maximum absolute atomic E-state index is 10.2. The van der Waals surface area contributed by atoms with Crippen LogP contribution in [0.2, 0.25) is 0 Å². The molecule has 58 valence electrons. The molecule has 0 rings (SSSR count). The second-order valence-corrected chi connectivity index (χ2v) is 2.67. The predicted octanol–water partition coefficient (Wildman–Crippen LogP) is 1.92. The average Bonchev–Trinajstić information content (AvgIpc) is 1.85. The Morgan fingerprint density at radius 3 is 2.50 bits per heavy atom. The van der Waals surface area contributed by atoms with Crippen molar-refractivity contribution in [3.63, 3.8) is 0 Å². The number of hydrogen-bond donors (Lipinski definition) is 1. The number of aliphatic carboxylic acids is 1. The lowest BCUT2D eigenvalue weighted by Crippen LogP contribution is -2.10. The molecule has 0 fully saturated rings. The summed E-state index contributed by atoms with van der Waals surface area (Å²) in [6.45, 7) is 7.49. The van der Waals surface area contributed by atoms with Crippen LogP contribution in [0.1, 0.15) is 20.3 Å². The van der Waals surface area contributed by atoms with Crippen molar-refractivity contribution in [2.75, 3.05) is 0 Å². The second-order valence-electron chi connectivity index (χ2n) is 2.67. The minimum absolute atomic E-state index is 0.190. The summed E-state index contributed by atoms with van der Waals surface area (Å²) in [7, 11) is 0. The van der Waals surface area contributed by atoms with Crippen LogP contribution in [0.3, 0.4) is 0 Å². The number of carbonyl (C=O) groups is 1. The van der Waals surface area contributed by atoms with Crippen LogP contribution in [-0.4, -0.2) is 11.1 Å². The fourth-order valence-corrected chi connectivity index (χ4v) is 0.694. The van der Waals surface area contributed by atoms with Crippen LogP contribution in [0.15, 0.2) is 12.7 Å². The molecule has 2 atom stereocenters. The summed E-state index contributed by atoms with van der Waals surface area (Å²) in [6, 6.07) is 0. The van der Waals surface area contributed by atoms with Crippen LogP contribution >= 0.6 is 0 Å². The van der Waals surface area contributed by atoms with Gasteiger partial charge in [0.2, 0.25) is 0 Å². The predicted molar refractivity (Wildman–Crippen MR) is 40.8 cm³/mol. The molecule has 0 bridgehead atoms. The summed E-state index contributed by atoms with van der Waals surface area (Å²) in [6.07, 6.45) is 2.01. The van der Waals surface area contributed by atoms with Crippen molar-refractivity contribution >= 4 is 5.97 Å². The Labute approximate surface area is 61.6 Å². The van der Waals surface area contributed by atoms with E-state index in [1.807, 2.05) is 13.8 Å². The van der Waals surface area contributed by atoms with E-state index in [9.17, 15) is 4.79 Å². The van der Waals surface area contributed by atoms with Gasteiger partial charge in [0, 0.05) is 6.42 Å². The van der Waals surface area contributed by atoms with Gasteiger partial charge in [-0.05, 0) is 11.8 Å². The lowest BCUT2D eigenvalue weighted by Gasteiger charge is -2.12. The zero-order valence-electron chi connectivity index (χ0n) is 6.50. The van der Waals surface area contributed by atoms with Gasteiger partial charge >= 0.3 is 5.97 Å². The Morgan fingerprint density at radius 1 is 1.70 bits per heavy atom. The van der Waals surface area contributed by atoms with Gasteiger partial charge in [-0.25, -0.2) is 0 Å². The van der Waals surface area contributed by atoms with E-state index in [1.165, 1.54) is 0 Å². The van der Waals surface area contributed by atoms with Crippen LogP contribution in [-0.2, 0) is 4.79 Å². The third-order valence-electron chi connectivity index (χ3n) is 1.77. The Balaban J connectivity index is 3.71. The molecule has 0 aromatic carbocycles. The maximum Gasteiger partial charge on any atom is 0.303 e. The van der Waals surface area contributed by atoms with Gasteiger partial charge in [0.15, 0.2) is 0 Å². The largest absolute Gasteiger partial charge is 0.481 e. The van der Waals surface area contributed by atoms with Crippen LogP contribution in [0, 0.1) is 11.8 Å². The van der Waals surface area contributed by atoms with Crippen molar-refractivity contribution in [3.05, 3.63) is 12.7 Å². The second kappa shape index (κ2) is 4.09. The van der Waals surface area contributed by atoms with Gasteiger partial charge in [-0.2, -0.15) is 0 Å². The minimum atomic E-state index is -0.735. The Hall–Kier alpha value is -0.790. The maximum atomic E-state index is 10.2. The highest BCUT2D eigenvalue weighted by atomic mass is 16.4. The summed E-state index contributed by atoms with van der Waals surface area (Å²) in [4.78, 5) is 10.2. The van der Waals surface area contributed by atoms with Gasteiger partial charge in [-0.3, -0.25) is 4.79 Å². The van der Waals surface area contributed by atoms with Gasteiger partial charge in [0.05, 0.1) is 0 Å². The monoisotopic (exact) mass is 142 g/mol. The molecule has 2 nitrogen and oxygen atoms in total. The summed E-state index contributed by atoms with van der Waals surface area (Å²) in [5.74, 6) is -0.257. The first-order valence-electron chi connectivity index (χ1n) is 3.42. The zero-order chi connectivity index (χ0) is 8.15. The lowest BCUT2D eigenvalue weighted by atomic mass is 9.93. The molecule has 0 heterocycles. The third kappa shape index (κ3) is 3.28. The molecule has 0 aliphatic rings. The van der Waals surface area contributed by atoms with E-state index in [4.69, 9.17) is 5.11 Å². The molecule has 0 amide bonds. The highest BCUT2D eigenvalue weighted by Gasteiger charge is 2.11. The Bertz CT molecular complexity index is 129. The number of allylic oxidation sites excluding steroid dienone is 1. The van der Waals surface area contributed by atoms with Gasteiger partial charge < -0.3 is 5.11 Å². The molecule has 10 heavy (non-hydrogen) atoms. The van der Waals surface area contributed by atoms with E-state index in [0.717, 1.165) is 0 Å². The molecule has 0 aromatic heterocycles. The van der Waals surface area contributed by atoms with E-state index >= 15 is 0 Å². The lowest BCUT2D eigenvalue weighted by molar-refractivity contribution is -0.138. The molecule has 0 aliphatic heterocycles. The summed E-state index contributed by atoms with van der Waals surface area (Å²) < 4.78 is 0. The topological polar surface area (TPSA) is 37.3 Å². The van der Waals surface area contributed by atoms with Crippen LogP contribution in [0.25, 0.3) is 0 Å². The zero-order valence-corrected chi connectivity index (χ0v) is 6.50. The van der Waals surface area contributed by atoms with Crippen molar-refractivity contribution in [1.29, 1.82) is 0 Å². The Kier molecular flexibility index (Phi) is 3.77. The fourth-order valence-electron chi connectivity index (χ4n) is 0.694. The van der Waals surface area contributed by atoms with Crippen molar-refractivity contribution in [2.24, 2.45) is 11.8 Å². The molecule has 0 saturated carbocycles. The molecule has 2 heteroatoms. The van der Waals surface area contributed by atoms with Gasteiger partial charge in [-0.1, -0.05) is 19.9 Å². The highest BCUT2D eigenvalue weighted by Crippen LogP contribution is 2.14. The van der Waals surface area contributed by atoms with E-state index in [-0.39, 0.29) is 18.3 Å². The first-order valence-corrected chi connectivity index (χ1v) is 3.42. The van der Waals surface area contributed by atoms with E-state index in [1.54, 1.807) is 6.08 Å². The van der Waals surface area contributed by atoms with E-state index in [2.05, 4.69) is 6.58 Å². The number of rotatable bonds is 4. The normalized spacial score (nSPS) is 15.8. The molecule has 0 radical (unpaired) electrons. The van der Waals surface area contributed by atoms with E-state index < -0.39 is 5.97 Å². The standard InChI is InChI=1S/C8H14O2/c1-4-6(2)7(3)5-8(9)10/h4,6-7H,1,5H2,2-3H3,(H,9,10)/t6-,7+/m1/s1. The first kappa shape index (κ1) is 9.21. The molecule has 0 unspecified atom stereocenters. The van der Waals surface area contributed by atoms with Crippen LogP contribution in [0.5, 0.6) is 0 Å². The summed E-state index contributed by atoms with van der Waals surface area (Å²) in [5.41, 5.74) is 0. The van der Waals surface area contributed by atoms with Crippen molar-refractivity contribution in [2.45, 2.75) is 20.3 Å². The molecule has 1 N–H and O–H groups in total. The van der Waals surface area contributed by atoms with Gasteiger partial charge in [0.25, 0.3) is 0 Å². The van der Waals surface area contributed by atoms with Gasteiger partial charge in [0.1, 0.15) is 0 Å². The molecular weight excluding hydrogens is 128 g/mol. The number of carboxylic acids is 1. The SMILES string of the molecule is C=C[C@@H](C)[C@@H](C)CC(=O)O. The van der Waals surface area contributed by atoms with Crippen molar-refractivity contribution < 1.29 is 9.90 Å².